The number of carbonyl (C=O) groups is 1. The number of benzene rings is 3. The van der Waals surface area contributed by atoms with Crippen LogP contribution in [0, 0.1) is 13.8 Å². The van der Waals surface area contributed by atoms with Gasteiger partial charge in [-0.15, -0.1) is 0 Å². The minimum Gasteiger partial charge on any atom is -0.457 e. The van der Waals surface area contributed by atoms with Crippen molar-refractivity contribution in [1.82, 2.24) is 4.98 Å². The number of fused-ring (bicyclic) bond motifs is 1. The summed E-state index contributed by atoms with van der Waals surface area (Å²) in [6, 6.07) is 22.8. The van der Waals surface area contributed by atoms with Crippen LogP contribution in [-0.2, 0) is 4.79 Å². The Hall–Kier alpha value is -4.09. The number of anilines is 1. The van der Waals surface area contributed by atoms with E-state index in [0.29, 0.717) is 22.4 Å². The number of oxazole rings is 1. The van der Waals surface area contributed by atoms with Crippen LogP contribution in [0.3, 0.4) is 0 Å². The molecule has 0 saturated heterocycles. The molecule has 34 heavy (non-hydrogen) atoms. The summed E-state index contributed by atoms with van der Waals surface area (Å²) < 4.78 is 11.8. The molecule has 168 valence electrons. The Balaban J connectivity index is 1.34. The highest BCUT2D eigenvalue weighted by Gasteiger charge is 2.13. The largest absolute Gasteiger partial charge is 0.457 e. The minimum atomic E-state index is -0.333. The zero-order valence-electron chi connectivity index (χ0n) is 18.6. The third-order valence-electron chi connectivity index (χ3n) is 5.38. The highest BCUT2D eigenvalue weighted by molar-refractivity contribution is 6.34. The number of rotatable bonds is 5. The molecule has 6 heteroatoms. The molecule has 5 rings (SSSR count). The molecule has 0 bridgehead atoms. The predicted octanol–water partition coefficient (Wildman–Crippen LogP) is 7.68. The van der Waals surface area contributed by atoms with Crippen molar-refractivity contribution in [2.75, 3.05) is 5.32 Å². The van der Waals surface area contributed by atoms with E-state index in [0.717, 1.165) is 39.1 Å². The molecule has 0 saturated carbocycles. The lowest BCUT2D eigenvalue weighted by molar-refractivity contribution is -0.111. The number of aromatic nitrogens is 1. The number of carbonyl (C=O) groups excluding carboxylic acids is 1. The highest BCUT2D eigenvalue weighted by Crippen LogP contribution is 2.32. The van der Waals surface area contributed by atoms with Crippen molar-refractivity contribution in [2.45, 2.75) is 13.8 Å². The Labute approximate surface area is 201 Å². The monoisotopic (exact) mass is 468 g/mol. The molecule has 0 atom stereocenters. The van der Waals surface area contributed by atoms with Gasteiger partial charge < -0.3 is 14.2 Å². The fraction of sp³-hybridized carbons (Fsp3) is 0.0714. The van der Waals surface area contributed by atoms with Gasteiger partial charge in [0.05, 0.1) is 10.7 Å². The summed E-state index contributed by atoms with van der Waals surface area (Å²) in [6.07, 6.45) is 3.02. The molecule has 2 aromatic heterocycles. The molecule has 1 N–H and O–H groups in total. The Morgan fingerprint density at radius 1 is 0.941 bits per heavy atom. The summed E-state index contributed by atoms with van der Waals surface area (Å²) in [5.74, 6) is 1.45. The zero-order valence-corrected chi connectivity index (χ0v) is 19.4. The number of aryl methyl sites for hydroxylation is 2. The Bertz CT molecular complexity index is 1530. The summed E-state index contributed by atoms with van der Waals surface area (Å²) in [5, 5.41) is 3.23. The molecule has 2 heterocycles. The molecule has 0 radical (unpaired) electrons. The van der Waals surface area contributed by atoms with Gasteiger partial charge in [0.25, 0.3) is 0 Å². The molecule has 1 amide bonds. The van der Waals surface area contributed by atoms with E-state index in [9.17, 15) is 4.79 Å². The number of halogens is 1. The molecule has 5 nitrogen and oxygen atoms in total. The van der Waals surface area contributed by atoms with Crippen LogP contribution >= 0.6 is 11.6 Å². The first kappa shape index (κ1) is 21.7. The average Bonchev–Trinajstić information content (AvgIpc) is 3.47. The van der Waals surface area contributed by atoms with Gasteiger partial charge in [0, 0.05) is 17.2 Å². The molecule has 0 aliphatic rings. The van der Waals surface area contributed by atoms with Crippen LogP contribution in [0.5, 0.6) is 0 Å². The second kappa shape index (κ2) is 9.04. The number of amides is 1. The van der Waals surface area contributed by atoms with E-state index < -0.39 is 0 Å². The first-order chi connectivity index (χ1) is 16.5. The molecule has 3 aromatic carbocycles. The lowest BCUT2D eigenvalue weighted by Gasteiger charge is -2.06. The number of hydrogen-bond acceptors (Lipinski definition) is 4. The highest BCUT2D eigenvalue weighted by atomic mass is 35.5. The van der Waals surface area contributed by atoms with Gasteiger partial charge in [-0.05, 0) is 67.4 Å². The maximum atomic E-state index is 12.5. The zero-order chi connectivity index (χ0) is 23.7. The van der Waals surface area contributed by atoms with Gasteiger partial charge in [-0.3, -0.25) is 4.79 Å². The predicted molar refractivity (Wildman–Crippen MR) is 136 cm³/mol. The van der Waals surface area contributed by atoms with Gasteiger partial charge in [0.2, 0.25) is 11.8 Å². The van der Waals surface area contributed by atoms with Crippen LogP contribution in [0.25, 0.3) is 40.0 Å². The number of nitrogens with zero attached hydrogens (tertiary/aromatic N) is 1. The Kier molecular flexibility index (Phi) is 5.78. The molecular formula is C28H21ClN2O3. The summed E-state index contributed by atoms with van der Waals surface area (Å²) in [6.45, 7) is 4.02. The van der Waals surface area contributed by atoms with Crippen molar-refractivity contribution >= 4 is 40.4 Å². The van der Waals surface area contributed by atoms with Crippen LogP contribution < -0.4 is 5.32 Å². The molecule has 0 aliphatic heterocycles. The average molecular weight is 469 g/mol. The second-order valence-corrected chi connectivity index (χ2v) is 8.44. The summed E-state index contributed by atoms with van der Waals surface area (Å²) >= 11 is 6.33. The Morgan fingerprint density at radius 2 is 1.76 bits per heavy atom. The minimum absolute atomic E-state index is 0.333. The van der Waals surface area contributed by atoms with Gasteiger partial charge in [-0.25, -0.2) is 4.98 Å². The molecular weight excluding hydrogens is 448 g/mol. The second-order valence-electron chi connectivity index (χ2n) is 8.03. The van der Waals surface area contributed by atoms with Crippen LogP contribution in [-0.4, -0.2) is 10.9 Å². The van der Waals surface area contributed by atoms with Crippen molar-refractivity contribution in [1.29, 1.82) is 0 Å². The molecule has 0 aliphatic carbocycles. The van der Waals surface area contributed by atoms with Gasteiger partial charge in [0.1, 0.15) is 17.0 Å². The van der Waals surface area contributed by atoms with Crippen molar-refractivity contribution in [3.8, 4) is 22.8 Å². The first-order valence-corrected chi connectivity index (χ1v) is 11.2. The number of furan rings is 1. The van der Waals surface area contributed by atoms with E-state index in [1.807, 2.05) is 68.4 Å². The lowest BCUT2D eigenvalue weighted by Crippen LogP contribution is -2.08. The SMILES string of the molecule is Cc1cc(C)c2oc(-c3ccc(Cl)c(NC(=O)/C=C/c4ccc(-c5ccccc5)o4)c3)nc2c1. The normalized spacial score (nSPS) is 11.4. The summed E-state index contributed by atoms with van der Waals surface area (Å²) in [5.41, 5.74) is 5.84. The standard InChI is InChI=1S/C28H21ClN2O3/c1-17-14-18(2)27-24(15-17)31-28(34-27)20-8-11-22(29)23(16-20)30-26(32)13-10-21-9-12-25(33-21)19-6-4-3-5-7-19/h3-16H,1-2H3,(H,30,32)/b13-10+. The van der Waals surface area contributed by atoms with Crippen molar-refractivity contribution in [2.24, 2.45) is 0 Å². The number of hydrogen-bond donors (Lipinski definition) is 1. The molecule has 0 unspecified atom stereocenters. The summed E-state index contributed by atoms with van der Waals surface area (Å²) in [4.78, 5) is 17.2. The van der Waals surface area contributed by atoms with E-state index in [4.69, 9.17) is 20.4 Å². The van der Waals surface area contributed by atoms with E-state index in [2.05, 4.69) is 16.4 Å². The maximum absolute atomic E-state index is 12.5. The van der Waals surface area contributed by atoms with Crippen LogP contribution in [0.1, 0.15) is 16.9 Å². The fourth-order valence-electron chi connectivity index (χ4n) is 3.79. The van der Waals surface area contributed by atoms with E-state index in [1.54, 1.807) is 18.2 Å². The molecule has 0 spiro atoms. The third-order valence-corrected chi connectivity index (χ3v) is 5.70. The van der Waals surface area contributed by atoms with Crippen molar-refractivity contribution < 1.29 is 13.6 Å². The molecule has 5 aromatic rings. The number of nitrogens with one attached hydrogen (secondary N) is 1. The van der Waals surface area contributed by atoms with E-state index in [1.165, 1.54) is 6.08 Å². The van der Waals surface area contributed by atoms with Gasteiger partial charge in [0.15, 0.2) is 5.58 Å². The van der Waals surface area contributed by atoms with Gasteiger partial charge in [-0.1, -0.05) is 48.0 Å². The lowest BCUT2D eigenvalue weighted by atomic mass is 10.1. The topological polar surface area (TPSA) is 68.3 Å². The quantitative estimate of drug-likeness (QED) is 0.268. The van der Waals surface area contributed by atoms with Gasteiger partial charge >= 0.3 is 0 Å². The first-order valence-electron chi connectivity index (χ1n) is 10.8. The third kappa shape index (κ3) is 4.51. The summed E-state index contributed by atoms with van der Waals surface area (Å²) in [7, 11) is 0. The smallest absolute Gasteiger partial charge is 0.248 e. The fourth-order valence-corrected chi connectivity index (χ4v) is 3.95. The maximum Gasteiger partial charge on any atom is 0.248 e. The van der Waals surface area contributed by atoms with Crippen molar-refractivity contribution in [3.05, 3.63) is 101 Å². The molecule has 0 fully saturated rings. The Morgan fingerprint density at radius 3 is 2.59 bits per heavy atom. The van der Waals surface area contributed by atoms with Crippen LogP contribution in [0.4, 0.5) is 5.69 Å². The van der Waals surface area contributed by atoms with E-state index >= 15 is 0 Å². The van der Waals surface area contributed by atoms with Crippen LogP contribution in [0.15, 0.2) is 87.7 Å². The van der Waals surface area contributed by atoms with E-state index in [-0.39, 0.29) is 5.91 Å². The van der Waals surface area contributed by atoms with Gasteiger partial charge in [-0.2, -0.15) is 0 Å². The van der Waals surface area contributed by atoms with Crippen LogP contribution in [0.2, 0.25) is 5.02 Å². The van der Waals surface area contributed by atoms with Crippen molar-refractivity contribution in [3.63, 3.8) is 0 Å².